The minimum atomic E-state index is -0.365. The molecule has 14 heavy (non-hydrogen) atoms. The van der Waals surface area contributed by atoms with Crippen molar-refractivity contribution in [3.05, 3.63) is 11.8 Å². The first-order valence-electron chi connectivity index (χ1n) is 5.20. The summed E-state index contributed by atoms with van der Waals surface area (Å²) in [6.07, 6.45) is 3.82. The van der Waals surface area contributed by atoms with E-state index in [9.17, 15) is 0 Å². The van der Waals surface area contributed by atoms with Gasteiger partial charge in [-0.2, -0.15) is 0 Å². The molecule has 1 heterocycles. The number of aliphatic hydroxyl groups is 1. The first kappa shape index (κ1) is 9.99. The Kier molecular flexibility index (Phi) is 2.32. The molecule has 80 valence electrons. The van der Waals surface area contributed by atoms with E-state index in [2.05, 4.69) is 13.8 Å². The maximum Gasteiger partial charge on any atom is 0.169 e. The highest BCUT2D eigenvalue weighted by molar-refractivity contribution is 5.15. The van der Waals surface area contributed by atoms with E-state index in [1.807, 2.05) is 0 Å². The van der Waals surface area contributed by atoms with Crippen LogP contribution in [-0.4, -0.2) is 24.1 Å². The van der Waals surface area contributed by atoms with Gasteiger partial charge in [0.15, 0.2) is 5.79 Å². The molecule has 1 saturated heterocycles. The lowest BCUT2D eigenvalue weighted by Crippen LogP contribution is -2.41. The van der Waals surface area contributed by atoms with Gasteiger partial charge in [0.05, 0.1) is 19.5 Å². The van der Waals surface area contributed by atoms with Gasteiger partial charge >= 0.3 is 0 Å². The smallest absolute Gasteiger partial charge is 0.169 e. The predicted octanol–water partition coefficient (Wildman–Crippen LogP) is 2.38. The van der Waals surface area contributed by atoms with E-state index in [1.165, 1.54) is 6.26 Å². The van der Waals surface area contributed by atoms with Crippen molar-refractivity contribution in [3.63, 3.8) is 0 Å². The van der Waals surface area contributed by atoms with Gasteiger partial charge in [0.1, 0.15) is 0 Å². The minimum Gasteiger partial charge on any atom is -0.516 e. The van der Waals surface area contributed by atoms with Crippen LogP contribution in [0.3, 0.4) is 0 Å². The Bertz CT molecular complexity index is 249. The summed E-state index contributed by atoms with van der Waals surface area (Å²) in [5, 5.41) is 9.11. The highest BCUT2D eigenvalue weighted by Crippen LogP contribution is 2.47. The Labute approximate surface area is 84.7 Å². The van der Waals surface area contributed by atoms with E-state index in [0.717, 1.165) is 24.8 Å². The largest absolute Gasteiger partial charge is 0.516 e. The third kappa shape index (κ3) is 1.55. The third-order valence-electron chi connectivity index (χ3n) is 3.33. The standard InChI is InChI=1S/C11H18O3/c1-10(2)8-11(13-5-6-14-11)4-3-9(10)7-12/h7,12H,3-6,8H2,1-2H3/b9-7+. The number of aliphatic hydroxyl groups excluding tert-OH is 1. The fourth-order valence-corrected chi connectivity index (χ4v) is 2.52. The maximum absolute atomic E-state index is 9.11. The van der Waals surface area contributed by atoms with Crippen LogP contribution in [0.1, 0.15) is 33.1 Å². The molecule has 3 heteroatoms. The highest BCUT2D eigenvalue weighted by atomic mass is 16.7. The molecule has 1 N–H and O–H groups in total. The lowest BCUT2D eigenvalue weighted by molar-refractivity contribution is -0.188. The second-order valence-corrected chi connectivity index (χ2v) is 4.82. The molecule has 1 aliphatic carbocycles. The molecule has 0 bridgehead atoms. The van der Waals surface area contributed by atoms with Crippen molar-refractivity contribution in [2.45, 2.75) is 38.9 Å². The Morgan fingerprint density at radius 1 is 1.29 bits per heavy atom. The van der Waals surface area contributed by atoms with Gasteiger partial charge in [0.2, 0.25) is 0 Å². The van der Waals surface area contributed by atoms with Gasteiger partial charge in [0, 0.05) is 12.8 Å². The van der Waals surface area contributed by atoms with Crippen LogP contribution < -0.4 is 0 Å². The van der Waals surface area contributed by atoms with Gasteiger partial charge in [-0.3, -0.25) is 0 Å². The third-order valence-corrected chi connectivity index (χ3v) is 3.33. The van der Waals surface area contributed by atoms with Crippen LogP contribution in [0.2, 0.25) is 0 Å². The van der Waals surface area contributed by atoms with Crippen molar-refractivity contribution in [3.8, 4) is 0 Å². The van der Waals surface area contributed by atoms with E-state index >= 15 is 0 Å². The van der Waals surface area contributed by atoms with Crippen LogP contribution in [0.15, 0.2) is 11.8 Å². The number of hydrogen-bond donors (Lipinski definition) is 1. The second-order valence-electron chi connectivity index (χ2n) is 4.82. The summed E-state index contributed by atoms with van der Waals surface area (Å²) >= 11 is 0. The van der Waals surface area contributed by atoms with Gasteiger partial charge in [-0.15, -0.1) is 0 Å². The fraction of sp³-hybridized carbons (Fsp3) is 0.818. The minimum absolute atomic E-state index is 0.0165. The molecule has 0 radical (unpaired) electrons. The average Bonchev–Trinajstić information content (AvgIpc) is 2.52. The van der Waals surface area contributed by atoms with E-state index in [0.29, 0.717) is 13.2 Å². The molecule has 0 aromatic rings. The molecule has 3 nitrogen and oxygen atoms in total. The van der Waals surface area contributed by atoms with Crippen LogP contribution >= 0.6 is 0 Å². The van der Waals surface area contributed by atoms with E-state index in [1.54, 1.807) is 0 Å². The predicted molar refractivity (Wildman–Crippen MR) is 53.0 cm³/mol. The van der Waals surface area contributed by atoms with Gasteiger partial charge in [-0.1, -0.05) is 13.8 Å². The molecule has 0 unspecified atom stereocenters. The molecular formula is C11H18O3. The zero-order chi connectivity index (χ0) is 10.2. The number of rotatable bonds is 0. The molecule has 1 aliphatic heterocycles. The Balaban J connectivity index is 2.16. The molecule has 1 saturated carbocycles. The van der Waals surface area contributed by atoms with Crippen molar-refractivity contribution < 1.29 is 14.6 Å². The van der Waals surface area contributed by atoms with Gasteiger partial charge in [-0.05, 0) is 17.4 Å². The molecule has 0 amide bonds. The van der Waals surface area contributed by atoms with Crippen LogP contribution in [0.4, 0.5) is 0 Å². The summed E-state index contributed by atoms with van der Waals surface area (Å²) in [4.78, 5) is 0. The SMILES string of the molecule is CC1(C)CC2(CC/C1=C\O)OCCO2. The number of ether oxygens (including phenoxy) is 2. The van der Waals surface area contributed by atoms with Crippen molar-refractivity contribution in [1.82, 2.24) is 0 Å². The molecule has 2 aliphatic rings. The average molecular weight is 198 g/mol. The van der Waals surface area contributed by atoms with Crippen molar-refractivity contribution in [2.75, 3.05) is 13.2 Å². The quantitative estimate of drug-likeness (QED) is 0.607. The molecule has 0 aromatic carbocycles. The van der Waals surface area contributed by atoms with Crippen molar-refractivity contribution >= 4 is 0 Å². The van der Waals surface area contributed by atoms with Gasteiger partial charge < -0.3 is 14.6 Å². The second kappa shape index (κ2) is 3.24. The molecule has 2 rings (SSSR count). The van der Waals surface area contributed by atoms with Crippen LogP contribution in [0.5, 0.6) is 0 Å². The maximum atomic E-state index is 9.11. The molecule has 2 fully saturated rings. The zero-order valence-corrected chi connectivity index (χ0v) is 8.88. The van der Waals surface area contributed by atoms with Crippen molar-refractivity contribution in [2.24, 2.45) is 5.41 Å². The molecule has 0 atom stereocenters. The number of hydrogen-bond acceptors (Lipinski definition) is 3. The summed E-state index contributed by atoms with van der Waals surface area (Å²) in [5.74, 6) is -0.365. The molecule has 1 spiro atoms. The van der Waals surface area contributed by atoms with Crippen LogP contribution in [0, 0.1) is 5.41 Å². The summed E-state index contributed by atoms with van der Waals surface area (Å²) in [6, 6.07) is 0. The van der Waals surface area contributed by atoms with Gasteiger partial charge in [-0.25, -0.2) is 0 Å². The first-order chi connectivity index (χ1) is 6.58. The molecule has 0 aromatic heterocycles. The Morgan fingerprint density at radius 2 is 1.93 bits per heavy atom. The summed E-state index contributed by atoms with van der Waals surface area (Å²) in [7, 11) is 0. The summed E-state index contributed by atoms with van der Waals surface area (Å²) < 4.78 is 11.4. The topological polar surface area (TPSA) is 38.7 Å². The van der Waals surface area contributed by atoms with Crippen molar-refractivity contribution in [1.29, 1.82) is 0 Å². The Hall–Kier alpha value is -0.540. The zero-order valence-electron chi connectivity index (χ0n) is 8.88. The fourth-order valence-electron chi connectivity index (χ4n) is 2.52. The van der Waals surface area contributed by atoms with Crippen LogP contribution in [-0.2, 0) is 9.47 Å². The number of allylic oxidation sites excluding steroid dienone is 1. The normalized spacial score (nSPS) is 32.6. The monoisotopic (exact) mass is 198 g/mol. The van der Waals surface area contributed by atoms with E-state index in [-0.39, 0.29) is 11.2 Å². The Morgan fingerprint density at radius 3 is 2.43 bits per heavy atom. The lowest BCUT2D eigenvalue weighted by Gasteiger charge is -2.42. The summed E-state index contributed by atoms with van der Waals surface area (Å²) in [6.45, 7) is 5.66. The highest BCUT2D eigenvalue weighted by Gasteiger charge is 2.46. The van der Waals surface area contributed by atoms with Crippen LogP contribution in [0.25, 0.3) is 0 Å². The van der Waals surface area contributed by atoms with E-state index < -0.39 is 0 Å². The lowest BCUT2D eigenvalue weighted by atomic mass is 9.71. The summed E-state index contributed by atoms with van der Waals surface area (Å²) in [5.41, 5.74) is 1.08. The first-order valence-corrected chi connectivity index (χ1v) is 5.20. The van der Waals surface area contributed by atoms with E-state index in [4.69, 9.17) is 14.6 Å². The van der Waals surface area contributed by atoms with Gasteiger partial charge in [0.25, 0.3) is 0 Å². The molecular weight excluding hydrogens is 180 g/mol.